The number of halogens is 1. The van der Waals surface area contributed by atoms with Gasteiger partial charge in [0.05, 0.1) is 5.69 Å². The van der Waals surface area contributed by atoms with E-state index in [1.165, 1.54) is 19.2 Å². The Balaban J connectivity index is 2.24. The quantitative estimate of drug-likeness (QED) is 0.669. The molecule has 0 heterocycles. The molecule has 5 nitrogen and oxygen atoms in total. The molecule has 2 rings (SSSR count). The van der Waals surface area contributed by atoms with E-state index in [-0.39, 0.29) is 12.3 Å². The maximum atomic E-state index is 13.4. The van der Waals surface area contributed by atoms with Crippen molar-refractivity contribution in [3.63, 3.8) is 0 Å². The molecule has 2 N–H and O–H groups in total. The largest absolute Gasteiger partial charge is 0.489 e. The van der Waals surface area contributed by atoms with Gasteiger partial charge in [-0.1, -0.05) is 23.8 Å². The van der Waals surface area contributed by atoms with E-state index in [0.717, 1.165) is 17.2 Å². The Morgan fingerprint density at radius 3 is 2.65 bits per heavy atom. The number of anilines is 1. The minimum absolute atomic E-state index is 0.0362. The molecule has 0 bridgehead atoms. The fourth-order valence-corrected chi connectivity index (χ4v) is 2.19. The van der Waals surface area contributed by atoms with Gasteiger partial charge in [0.1, 0.15) is 18.2 Å². The number of rotatable bonds is 4. The van der Waals surface area contributed by atoms with Crippen molar-refractivity contribution < 1.29 is 19.1 Å². The maximum Gasteiger partial charge on any atom is 0.345 e. The molecular weight excluding hydrogens is 299 g/mol. The Kier molecular flexibility index (Phi) is 5.18. The summed E-state index contributed by atoms with van der Waals surface area (Å²) in [6.45, 7) is 4.01. The molecule has 0 saturated carbocycles. The first-order valence-electron chi connectivity index (χ1n) is 7.11. The zero-order valence-corrected chi connectivity index (χ0v) is 13.3. The number of carbonyl (C=O) groups excluding carboxylic acids is 1. The van der Waals surface area contributed by atoms with Gasteiger partial charge in [-0.25, -0.2) is 9.18 Å². The summed E-state index contributed by atoms with van der Waals surface area (Å²) in [6.07, 6.45) is 0. The van der Waals surface area contributed by atoms with Crippen LogP contribution in [0, 0.1) is 19.7 Å². The van der Waals surface area contributed by atoms with E-state index in [2.05, 4.69) is 5.32 Å². The van der Waals surface area contributed by atoms with Gasteiger partial charge in [-0.2, -0.15) is 5.06 Å². The average Bonchev–Trinajstić information content (AvgIpc) is 2.53. The molecule has 0 saturated heterocycles. The second-order valence-electron chi connectivity index (χ2n) is 5.20. The molecule has 0 aliphatic carbocycles. The number of benzene rings is 2. The molecule has 2 aromatic rings. The van der Waals surface area contributed by atoms with E-state index >= 15 is 0 Å². The third kappa shape index (κ3) is 3.98. The summed E-state index contributed by atoms with van der Waals surface area (Å²) < 4.78 is 19.2. The van der Waals surface area contributed by atoms with Gasteiger partial charge in [0.25, 0.3) is 0 Å². The first-order valence-corrected chi connectivity index (χ1v) is 7.11. The molecule has 122 valence electrons. The number of hydrogen-bond donors (Lipinski definition) is 2. The Morgan fingerprint density at radius 1 is 1.26 bits per heavy atom. The summed E-state index contributed by atoms with van der Waals surface area (Å²) in [6, 6.07) is 8.81. The number of nitrogens with one attached hydrogen (secondary N) is 1. The average molecular weight is 318 g/mol. The van der Waals surface area contributed by atoms with Crippen molar-refractivity contribution in [2.24, 2.45) is 0 Å². The van der Waals surface area contributed by atoms with Crippen molar-refractivity contribution in [3.8, 4) is 5.75 Å². The predicted octanol–water partition coefficient (Wildman–Crippen LogP) is 3.56. The summed E-state index contributed by atoms with van der Waals surface area (Å²) in [7, 11) is 1.37. The maximum absolute atomic E-state index is 13.4. The Labute approximate surface area is 134 Å². The Bertz CT molecular complexity index is 719. The molecule has 0 unspecified atom stereocenters. The lowest BCUT2D eigenvalue weighted by Crippen LogP contribution is -2.36. The number of urea groups is 1. The highest BCUT2D eigenvalue weighted by Gasteiger charge is 2.17. The lowest BCUT2D eigenvalue weighted by atomic mass is 10.1. The smallest absolute Gasteiger partial charge is 0.345 e. The molecule has 2 aromatic carbocycles. The first kappa shape index (κ1) is 16.8. The van der Waals surface area contributed by atoms with Crippen molar-refractivity contribution in [2.75, 3.05) is 12.1 Å². The van der Waals surface area contributed by atoms with Crippen LogP contribution in [0.3, 0.4) is 0 Å². The van der Waals surface area contributed by atoms with Crippen molar-refractivity contribution >= 4 is 11.7 Å². The van der Waals surface area contributed by atoms with Gasteiger partial charge in [0.15, 0.2) is 0 Å². The number of amides is 2. The third-order valence-corrected chi connectivity index (χ3v) is 3.40. The van der Waals surface area contributed by atoms with Gasteiger partial charge in [-0.3, -0.25) is 5.21 Å². The molecule has 6 heteroatoms. The van der Waals surface area contributed by atoms with Gasteiger partial charge in [0.2, 0.25) is 0 Å². The molecule has 0 spiro atoms. The van der Waals surface area contributed by atoms with Gasteiger partial charge in [0, 0.05) is 18.7 Å². The molecule has 0 radical (unpaired) electrons. The number of carbonyl (C=O) groups is 1. The van der Waals surface area contributed by atoms with Crippen LogP contribution in [0.5, 0.6) is 5.75 Å². The summed E-state index contributed by atoms with van der Waals surface area (Å²) in [5.41, 5.74) is 2.62. The van der Waals surface area contributed by atoms with E-state index in [4.69, 9.17) is 4.74 Å². The van der Waals surface area contributed by atoms with Crippen molar-refractivity contribution in [3.05, 3.63) is 58.9 Å². The molecule has 0 aliphatic rings. The normalized spacial score (nSPS) is 10.3. The van der Waals surface area contributed by atoms with Crippen LogP contribution in [-0.2, 0) is 6.61 Å². The van der Waals surface area contributed by atoms with Gasteiger partial charge in [-0.05, 0) is 31.5 Å². The summed E-state index contributed by atoms with van der Waals surface area (Å²) in [5, 5.41) is 12.5. The molecule has 0 fully saturated rings. The Hall–Kier alpha value is -2.60. The van der Waals surface area contributed by atoms with Crippen molar-refractivity contribution in [2.45, 2.75) is 20.5 Å². The van der Waals surface area contributed by atoms with Crippen LogP contribution >= 0.6 is 0 Å². The SMILES string of the molecule is CNC(=O)N(O)c1cc(F)ccc1COc1ccc(C)cc1C. The molecule has 0 aliphatic heterocycles. The predicted molar refractivity (Wildman–Crippen MR) is 85.4 cm³/mol. The molecular formula is C17H19FN2O3. The summed E-state index contributed by atoms with van der Waals surface area (Å²) >= 11 is 0. The van der Waals surface area contributed by atoms with Crippen LogP contribution in [0.15, 0.2) is 36.4 Å². The third-order valence-electron chi connectivity index (χ3n) is 3.40. The summed E-state index contributed by atoms with van der Waals surface area (Å²) in [4.78, 5) is 11.5. The summed E-state index contributed by atoms with van der Waals surface area (Å²) in [5.74, 6) is 0.133. The number of hydrogen-bond acceptors (Lipinski definition) is 3. The fourth-order valence-electron chi connectivity index (χ4n) is 2.19. The van der Waals surface area contributed by atoms with Gasteiger partial charge in [-0.15, -0.1) is 0 Å². The lowest BCUT2D eigenvalue weighted by molar-refractivity contribution is 0.205. The van der Waals surface area contributed by atoms with Crippen molar-refractivity contribution in [1.82, 2.24) is 5.32 Å². The van der Waals surface area contributed by atoms with Crippen LogP contribution in [0.4, 0.5) is 14.9 Å². The number of hydroxylamine groups is 1. The van der Waals surface area contributed by atoms with E-state index < -0.39 is 11.8 Å². The minimum Gasteiger partial charge on any atom is -0.489 e. The number of nitrogens with zero attached hydrogens (tertiary/aromatic N) is 1. The highest BCUT2D eigenvalue weighted by Crippen LogP contribution is 2.25. The highest BCUT2D eigenvalue weighted by atomic mass is 19.1. The van der Waals surface area contributed by atoms with E-state index in [1.807, 2.05) is 32.0 Å². The van der Waals surface area contributed by atoms with Crippen LogP contribution in [-0.4, -0.2) is 18.3 Å². The fraction of sp³-hybridized carbons (Fsp3) is 0.235. The standard InChI is InChI=1S/C17H19FN2O3/c1-11-4-7-16(12(2)8-11)23-10-13-5-6-14(18)9-15(13)20(22)17(21)19-3/h4-9,22H,10H2,1-3H3,(H,19,21). The van der Waals surface area contributed by atoms with Crippen LogP contribution < -0.4 is 15.1 Å². The highest BCUT2D eigenvalue weighted by molar-refractivity contribution is 5.90. The molecule has 23 heavy (non-hydrogen) atoms. The Morgan fingerprint density at radius 2 is 2.00 bits per heavy atom. The zero-order chi connectivity index (χ0) is 17.0. The van der Waals surface area contributed by atoms with Crippen molar-refractivity contribution in [1.29, 1.82) is 0 Å². The van der Waals surface area contributed by atoms with Gasteiger partial charge >= 0.3 is 6.03 Å². The molecule has 2 amide bonds. The van der Waals surface area contributed by atoms with E-state index in [0.29, 0.717) is 16.4 Å². The number of aryl methyl sites for hydroxylation is 2. The van der Waals surface area contributed by atoms with Crippen LogP contribution in [0.2, 0.25) is 0 Å². The topological polar surface area (TPSA) is 61.8 Å². The van der Waals surface area contributed by atoms with E-state index in [9.17, 15) is 14.4 Å². The zero-order valence-electron chi connectivity index (χ0n) is 13.3. The van der Waals surface area contributed by atoms with E-state index in [1.54, 1.807) is 0 Å². The second kappa shape index (κ2) is 7.11. The monoisotopic (exact) mass is 318 g/mol. The number of ether oxygens (including phenoxy) is 1. The molecule has 0 aromatic heterocycles. The van der Waals surface area contributed by atoms with Crippen LogP contribution in [0.25, 0.3) is 0 Å². The second-order valence-corrected chi connectivity index (χ2v) is 5.20. The first-order chi connectivity index (χ1) is 10.9. The lowest BCUT2D eigenvalue weighted by Gasteiger charge is -2.19. The molecule has 0 atom stereocenters. The van der Waals surface area contributed by atoms with Gasteiger partial charge < -0.3 is 10.1 Å². The minimum atomic E-state index is -0.761. The van der Waals surface area contributed by atoms with Crippen LogP contribution in [0.1, 0.15) is 16.7 Å².